The van der Waals surface area contributed by atoms with Crippen LogP contribution >= 0.6 is 0 Å². The lowest BCUT2D eigenvalue weighted by atomic mass is 9.98. The Balaban J connectivity index is 2.19. The highest BCUT2D eigenvalue weighted by atomic mass is 16.5. The molecule has 1 aliphatic rings. The minimum absolute atomic E-state index is 0.197. The number of anilines is 1. The summed E-state index contributed by atoms with van der Waals surface area (Å²) in [6, 6.07) is 7.17. The molecule has 0 saturated heterocycles. The number of amides is 1. The zero-order chi connectivity index (χ0) is 16.2. The molecule has 0 bridgehead atoms. The molecule has 0 aliphatic heterocycles. The molecule has 1 aliphatic carbocycles. The van der Waals surface area contributed by atoms with E-state index >= 15 is 0 Å². The molecular formula is C17H22N2O3. The second kappa shape index (κ2) is 6.80. The van der Waals surface area contributed by atoms with Gasteiger partial charge in [-0.1, -0.05) is 0 Å². The topological polar surface area (TPSA) is 71.3 Å². The van der Waals surface area contributed by atoms with Gasteiger partial charge in [-0.3, -0.25) is 4.79 Å². The highest BCUT2D eigenvalue weighted by Gasteiger charge is 2.48. The van der Waals surface area contributed by atoms with Gasteiger partial charge in [0.15, 0.2) is 0 Å². The van der Waals surface area contributed by atoms with Crippen LogP contribution < -0.4 is 10.1 Å². The number of ether oxygens (including phenoxy) is 2. The molecule has 1 aromatic carbocycles. The minimum Gasteiger partial charge on any atom is -0.494 e. The monoisotopic (exact) mass is 302 g/mol. The van der Waals surface area contributed by atoms with E-state index in [4.69, 9.17) is 9.47 Å². The Hall–Kier alpha value is -2.06. The summed E-state index contributed by atoms with van der Waals surface area (Å²) in [5, 5.41) is 12.1. The first-order valence-corrected chi connectivity index (χ1v) is 7.67. The van der Waals surface area contributed by atoms with E-state index in [-0.39, 0.29) is 11.8 Å². The standard InChI is InChI=1S/C17H22N2O3/c1-4-21-14-8-9-15(12(10-14)11-18)19-16(20)17(3,22-5-2)13-6-7-13/h8-10,13H,4-7H2,1-3H3,(H,19,20). The molecule has 0 spiro atoms. The van der Waals surface area contributed by atoms with Crippen LogP contribution in [0.15, 0.2) is 18.2 Å². The summed E-state index contributed by atoms with van der Waals surface area (Å²) in [7, 11) is 0. The molecule has 1 aromatic rings. The molecule has 2 rings (SSSR count). The van der Waals surface area contributed by atoms with E-state index in [9.17, 15) is 10.1 Å². The largest absolute Gasteiger partial charge is 0.494 e. The van der Waals surface area contributed by atoms with Crippen molar-refractivity contribution in [2.75, 3.05) is 18.5 Å². The first-order valence-electron chi connectivity index (χ1n) is 7.67. The summed E-state index contributed by atoms with van der Waals surface area (Å²) in [5.41, 5.74) is 0.0385. The first kappa shape index (κ1) is 16.3. The van der Waals surface area contributed by atoms with Crippen LogP contribution in [0.4, 0.5) is 5.69 Å². The van der Waals surface area contributed by atoms with Crippen molar-refractivity contribution in [2.24, 2.45) is 5.92 Å². The van der Waals surface area contributed by atoms with Gasteiger partial charge in [0.25, 0.3) is 5.91 Å². The summed E-state index contributed by atoms with van der Waals surface area (Å²) in [5.74, 6) is 0.671. The maximum absolute atomic E-state index is 12.6. The fraction of sp³-hybridized carbons (Fsp3) is 0.529. The molecule has 1 N–H and O–H groups in total. The molecule has 1 amide bonds. The van der Waals surface area contributed by atoms with E-state index in [1.165, 1.54) is 0 Å². The maximum atomic E-state index is 12.6. The number of nitriles is 1. The van der Waals surface area contributed by atoms with Gasteiger partial charge >= 0.3 is 0 Å². The number of carbonyl (C=O) groups excluding carboxylic acids is 1. The quantitative estimate of drug-likeness (QED) is 0.840. The number of hydrogen-bond donors (Lipinski definition) is 1. The highest BCUT2D eigenvalue weighted by molar-refractivity contribution is 5.98. The van der Waals surface area contributed by atoms with Crippen molar-refractivity contribution < 1.29 is 14.3 Å². The molecule has 1 saturated carbocycles. The van der Waals surface area contributed by atoms with E-state index in [1.807, 2.05) is 20.8 Å². The SMILES string of the molecule is CCOc1ccc(NC(=O)C(C)(OCC)C2CC2)c(C#N)c1. The third-order valence-electron chi connectivity index (χ3n) is 3.92. The van der Waals surface area contributed by atoms with Crippen LogP contribution in [0, 0.1) is 17.2 Å². The predicted octanol–water partition coefficient (Wildman–Crippen LogP) is 3.10. The Morgan fingerprint density at radius 1 is 1.41 bits per heavy atom. The summed E-state index contributed by atoms with van der Waals surface area (Å²) >= 11 is 0. The van der Waals surface area contributed by atoms with E-state index in [2.05, 4.69) is 11.4 Å². The van der Waals surface area contributed by atoms with E-state index < -0.39 is 5.60 Å². The highest BCUT2D eigenvalue weighted by Crippen LogP contribution is 2.42. The molecule has 118 valence electrons. The third kappa shape index (κ3) is 3.40. The van der Waals surface area contributed by atoms with Gasteiger partial charge in [-0.2, -0.15) is 5.26 Å². The summed E-state index contributed by atoms with van der Waals surface area (Å²) in [6.07, 6.45) is 2.00. The van der Waals surface area contributed by atoms with Crippen molar-refractivity contribution in [2.45, 2.75) is 39.2 Å². The average molecular weight is 302 g/mol. The van der Waals surface area contributed by atoms with Crippen LogP contribution in [0.3, 0.4) is 0 Å². The third-order valence-corrected chi connectivity index (χ3v) is 3.92. The number of rotatable bonds is 7. The summed E-state index contributed by atoms with van der Waals surface area (Å²) < 4.78 is 11.1. The number of carbonyl (C=O) groups is 1. The van der Waals surface area contributed by atoms with Gasteiger partial charge in [0, 0.05) is 6.61 Å². The second-order valence-electron chi connectivity index (χ2n) is 5.52. The van der Waals surface area contributed by atoms with Crippen molar-refractivity contribution in [3.8, 4) is 11.8 Å². The molecule has 22 heavy (non-hydrogen) atoms. The Labute approximate surface area is 131 Å². The van der Waals surface area contributed by atoms with Crippen LogP contribution in [0.2, 0.25) is 0 Å². The second-order valence-corrected chi connectivity index (χ2v) is 5.52. The van der Waals surface area contributed by atoms with Crippen LogP contribution in [-0.4, -0.2) is 24.7 Å². The average Bonchev–Trinajstić information content (AvgIpc) is 3.34. The van der Waals surface area contributed by atoms with Gasteiger partial charge in [-0.05, 0) is 57.7 Å². The molecule has 0 heterocycles. The lowest BCUT2D eigenvalue weighted by molar-refractivity contribution is -0.141. The molecule has 5 heteroatoms. The number of nitrogens with zero attached hydrogens (tertiary/aromatic N) is 1. The number of benzene rings is 1. The van der Waals surface area contributed by atoms with Gasteiger partial charge in [0.05, 0.1) is 17.9 Å². The predicted molar refractivity (Wildman–Crippen MR) is 83.7 cm³/mol. The van der Waals surface area contributed by atoms with Crippen LogP contribution in [0.25, 0.3) is 0 Å². The maximum Gasteiger partial charge on any atom is 0.256 e. The molecule has 0 aromatic heterocycles. The normalized spacial score (nSPS) is 16.5. The lowest BCUT2D eigenvalue weighted by Crippen LogP contribution is -2.45. The molecule has 0 radical (unpaired) electrons. The fourth-order valence-corrected chi connectivity index (χ4v) is 2.53. The van der Waals surface area contributed by atoms with Crippen molar-refractivity contribution >= 4 is 11.6 Å². The zero-order valence-electron chi connectivity index (χ0n) is 13.3. The van der Waals surface area contributed by atoms with Crippen molar-refractivity contribution in [3.63, 3.8) is 0 Å². The van der Waals surface area contributed by atoms with E-state index in [0.29, 0.717) is 30.2 Å². The number of hydrogen-bond acceptors (Lipinski definition) is 4. The van der Waals surface area contributed by atoms with Gasteiger partial charge in [-0.25, -0.2) is 0 Å². The Kier molecular flexibility index (Phi) is 5.04. The van der Waals surface area contributed by atoms with E-state index in [0.717, 1.165) is 12.8 Å². The van der Waals surface area contributed by atoms with Crippen LogP contribution in [0.1, 0.15) is 39.2 Å². The Bertz CT molecular complexity index is 590. The van der Waals surface area contributed by atoms with Crippen molar-refractivity contribution in [3.05, 3.63) is 23.8 Å². The molecule has 5 nitrogen and oxygen atoms in total. The summed E-state index contributed by atoms with van der Waals surface area (Å²) in [4.78, 5) is 12.6. The molecular weight excluding hydrogens is 280 g/mol. The fourth-order valence-electron chi connectivity index (χ4n) is 2.53. The smallest absolute Gasteiger partial charge is 0.256 e. The molecule has 1 unspecified atom stereocenters. The minimum atomic E-state index is -0.833. The summed E-state index contributed by atoms with van der Waals surface area (Å²) in [6.45, 7) is 6.59. The van der Waals surface area contributed by atoms with Gasteiger partial charge in [0.1, 0.15) is 17.4 Å². The Morgan fingerprint density at radius 2 is 2.14 bits per heavy atom. The number of nitrogens with one attached hydrogen (secondary N) is 1. The van der Waals surface area contributed by atoms with Crippen molar-refractivity contribution in [1.29, 1.82) is 5.26 Å². The Morgan fingerprint density at radius 3 is 2.68 bits per heavy atom. The van der Waals surface area contributed by atoms with Crippen molar-refractivity contribution in [1.82, 2.24) is 0 Å². The first-order chi connectivity index (χ1) is 10.5. The van der Waals surface area contributed by atoms with Crippen LogP contribution in [-0.2, 0) is 9.53 Å². The van der Waals surface area contributed by atoms with Gasteiger partial charge in [0.2, 0.25) is 0 Å². The van der Waals surface area contributed by atoms with Gasteiger partial charge in [-0.15, -0.1) is 0 Å². The lowest BCUT2D eigenvalue weighted by Gasteiger charge is -2.28. The van der Waals surface area contributed by atoms with Gasteiger partial charge < -0.3 is 14.8 Å². The van der Waals surface area contributed by atoms with Crippen LogP contribution in [0.5, 0.6) is 5.75 Å². The van der Waals surface area contributed by atoms with E-state index in [1.54, 1.807) is 18.2 Å². The molecule has 1 fully saturated rings. The molecule has 1 atom stereocenters. The zero-order valence-corrected chi connectivity index (χ0v) is 13.3.